The number of aryl methyl sites for hydroxylation is 1. The summed E-state index contributed by atoms with van der Waals surface area (Å²) in [6.45, 7) is 1.97. The Morgan fingerprint density at radius 2 is 1.79 bits per heavy atom. The molecule has 209 valence electrons. The van der Waals surface area contributed by atoms with Gasteiger partial charge in [0.15, 0.2) is 0 Å². The molecule has 2 atom stereocenters. The number of hydrogen-bond donors (Lipinski definition) is 3. The van der Waals surface area contributed by atoms with E-state index >= 15 is 0 Å². The first-order valence-electron chi connectivity index (χ1n) is 12.8. The summed E-state index contributed by atoms with van der Waals surface area (Å²) in [5.41, 5.74) is 6.73. The van der Waals surface area contributed by atoms with Gasteiger partial charge in [0.05, 0.1) is 11.4 Å². The van der Waals surface area contributed by atoms with Gasteiger partial charge in [-0.1, -0.05) is 35.9 Å². The lowest BCUT2D eigenvalue weighted by Gasteiger charge is -2.26. The lowest BCUT2D eigenvalue weighted by atomic mass is 10.1. The van der Waals surface area contributed by atoms with Gasteiger partial charge in [-0.25, -0.2) is 13.1 Å². The fourth-order valence-corrected chi connectivity index (χ4v) is 5.32. The normalized spacial score (nSPS) is 15.9. The highest BCUT2D eigenvalue weighted by atomic mass is 32.2. The van der Waals surface area contributed by atoms with Gasteiger partial charge in [0.2, 0.25) is 21.8 Å². The molecule has 1 saturated heterocycles. The molecule has 3 rings (SSSR count). The number of likely N-dealkylation sites (tertiary alicyclic amines) is 1. The number of carbonyl (C=O) groups is 3. The van der Waals surface area contributed by atoms with Gasteiger partial charge in [-0.05, 0) is 69.8 Å². The maximum Gasteiger partial charge on any atom is 0.494 e. The second-order valence-electron chi connectivity index (χ2n) is 9.30. The minimum Gasteiger partial charge on any atom is -0.342 e. The van der Waals surface area contributed by atoms with Crippen molar-refractivity contribution in [1.29, 1.82) is 0 Å². The molecule has 1 aliphatic heterocycles. The van der Waals surface area contributed by atoms with Crippen molar-refractivity contribution in [2.75, 3.05) is 24.6 Å². The molecule has 1 aliphatic rings. The van der Waals surface area contributed by atoms with Crippen LogP contribution < -0.4 is 26.1 Å². The average molecular weight is 559 g/mol. The second kappa shape index (κ2) is 13.9. The molecule has 1 radical (unpaired) electrons. The lowest BCUT2D eigenvalue weighted by molar-refractivity contribution is -0.138. The maximum atomic E-state index is 13.3. The molecule has 1 fully saturated rings. The molecule has 13 heteroatoms. The van der Waals surface area contributed by atoms with Crippen molar-refractivity contribution < 1.29 is 22.8 Å². The van der Waals surface area contributed by atoms with Crippen molar-refractivity contribution in [3.63, 3.8) is 0 Å². The molecular formula is C26H34N6O6S+. The molecule has 12 nitrogen and oxygen atoms in total. The number of nitrogens with zero attached hydrogens (tertiary/aromatic N) is 3. The van der Waals surface area contributed by atoms with Crippen LogP contribution in [0.4, 0.5) is 5.69 Å². The zero-order chi connectivity index (χ0) is 28.4. The molecule has 4 N–H and O–H groups in total. The zero-order valence-corrected chi connectivity index (χ0v) is 22.6. The van der Waals surface area contributed by atoms with Crippen molar-refractivity contribution in [2.24, 2.45) is 5.73 Å². The van der Waals surface area contributed by atoms with Crippen LogP contribution in [0.3, 0.4) is 0 Å². The predicted octanol–water partition coefficient (Wildman–Crippen LogP) is 0.929. The molecule has 0 spiro atoms. The van der Waals surface area contributed by atoms with E-state index in [9.17, 15) is 27.7 Å². The van der Waals surface area contributed by atoms with Crippen LogP contribution in [0, 0.1) is 11.8 Å². The topological polar surface area (TPSA) is 173 Å². The van der Waals surface area contributed by atoms with Crippen molar-refractivity contribution >= 4 is 33.4 Å². The van der Waals surface area contributed by atoms with Gasteiger partial charge in [0.25, 0.3) is 0 Å². The number of nitroso groups, excluding NO2 is 1. The molecule has 2 aromatic rings. The Kier molecular flexibility index (Phi) is 10.7. The van der Waals surface area contributed by atoms with Crippen LogP contribution in [-0.4, -0.2) is 62.8 Å². The smallest absolute Gasteiger partial charge is 0.342 e. The summed E-state index contributed by atoms with van der Waals surface area (Å²) in [7, 11) is -3.92. The molecule has 3 amide bonds. The van der Waals surface area contributed by atoms with E-state index in [0.29, 0.717) is 37.2 Å². The SMILES string of the molecule is Cc1ccc(S(=O)(=O)NCC(=O)N2CCC[C@H]2C(=O)N[C@@H](CCCCN)C(=O)N([N+]=O)c2ccccc2)cc1. The van der Waals surface area contributed by atoms with Crippen LogP contribution >= 0.6 is 0 Å². The van der Waals surface area contributed by atoms with Gasteiger partial charge in [0, 0.05) is 11.6 Å². The van der Waals surface area contributed by atoms with Crippen LogP contribution in [0.5, 0.6) is 0 Å². The number of carbonyl (C=O) groups excluding carboxylic acids is 3. The fraction of sp³-hybridized carbons (Fsp3) is 0.423. The zero-order valence-electron chi connectivity index (χ0n) is 21.8. The van der Waals surface area contributed by atoms with E-state index in [-0.39, 0.29) is 23.5 Å². The van der Waals surface area contributed by atoms with E-state index in [4.69, 9.17) is 5.73 Å². The molecule has 39 heavy (non-hydrogen) atoms. The van der Waals surface area contributed by atoms with Crippen LogP contribution in [0.15, 0.2) is 59.5 Å². The van der Waals surface area contributed by atoms with E-state index in [1.54, 1.807) is 42.5 Å². The van der Waals surface area contributed by atoms with Crippen LogP contribution in [0.25, 0.3) is 0 Å². The molecule has 0 aromatic heterocycles. The highest BCUT2D eigenvalue weighted by Gasteiger charge is 2.39. The summed E-state index contributed by atoms with van der Waals surface area (Å²) in [5.74, 6) is -1.83. The first-order valence-corrected chi connectivity index (χ1v) is 14.2. The average Bonchev–Trinajstić information content (AvgIpc) is 3.43. The molecular weight excluding hydrogens is 524 g/mol. The Labute approximate surface area is 227 Å². The Bertz CT molecular complexity index is 1260. The first kappa shape index (κ1) is 29.9. The van der Waals surface area contributed by atoms with Crippen molar-refractivity contribution in [3.8, 4) is 0 Å². The molecule has 0 aliphatic carbocycles. The third kappa shape index (κ3) is 7.91. The minimum atomic E-state index is -3.92. The molecule has 0 bridgehead atoms. The summed E-state index contributed by atoms with van der Waals surface area (Å²) in [4.78, 5) is 52.3. The maximum absolute atomic E-state index is 13.3. The van der Waals surface area contributed by atoms with Crippen LogP contribution in [-0.2, 0) is 24.4 Å². The first-order chi connectivity index (χ1) is 18.7. The van der Waals surface area contributed by atoms with Gasteiger partial charge < -0.3 is 16.0 Å². The number of para-hydroxylation sites is 1. The number of benzene rings is 2. The van der Waals surface area contributed by atoms with Crippen molar-refractivity contribution in [1.82, 2.24) is 20.2 Å². The highest BCUT2D eigenvalue weighted by molar-refractivity contribution is 7.89. The number of rotatable bonds is 13. The summed E-state index contributed by atoms with van der Waals surface area (Å²) in [5, 5.41) is 6.25. The Morgan fingerprint density at radius 3 is 2.44 bits per heavy atom. The van der Waals surface area contributed by atoms with Gasteiger partial charge in [-0.2, -0.15) is 0 Å². The number of anilines is 1. The molecule has 0 unspecified atom stereocenters. The van der Waals surface area contributed by atoms with Crippen LogP contribution in [0.2, 0.25) is 0 Å². The van der Waals surface area contributed by atoms with E-state index in [1.807, 2.05) is 6.92 Å². The number of amides is 3. The summed E-state index contributed by atoms with van der Waals surface area (Å²) in [6, 6.07) is 12.4. The summed E-state index contributed by atoms with van der Waals surface area (Å²) < 4.78 is 27.5. The molecule has 2 aromatic carbocycles. The summed E-state index contributed by atoms with van der Waals surface area (Å²) >= 11 is 0. The van der Waals surface area contributed by atoms with E-state index in [2.05, 4.69) is 15.3 Å². The third-order valence-corrected chi connectivity index (χ3v) is 7.89. The van der Waals surface area contributed by atoms with Crippen molar-refractivity contribution in [2.45, 2.75) is 56.0 Å². The van der Waals surface area contributed by atoms with Gasteiger partial charge in [-0.3, -0.25) is 14.4 Å². The Hall–Kier alpha value is -3.68. The van der Waals surface area contributed by atoms with Gasteiger partial charge >= 0.3 is 11.2 Å². The Balaban J connectivity index is 1.68. The second-order valence-corrected chi connectivity index (χ2v) is 11.1. The summed E-state index contributed by atoms with van der Waals surface area (Å²) in [6.07, 6.45) is 2.22. The largest absolute Gasteiger partial charge is 0.494 e. The number of nitrogens with one attached hydrogen (secondary N) is 2. The van der Waals surface area contributed by atoms with Crippen LogP contribution in [0.1, 0.15) is 37.7 Å². The monoisotopic (exact) mass is 558 g/mol. The van der Waals surface area contributed by atoms with Gasteiger partial charge in [0.1, 0.15) is 22.7 Å². The number of sulfonamides is 1. The predicted molar refractivity (Wildman–Crippen MR) is 145 cm³/mol. The minimum absolute atomic E-state index is 0.0298. The quantitative estimate of drug-likeness (QED) is 0.242. The standard InChI is InChI=1S/C26H34N6O6S/c1-19-12-14-21(15-13-19)39(37,38)28-18-24(33)31-17-7-11-23(31)25(34)29-22(10-5-6-16-27)26(35)32(30-36)20-8-3-2-4-9-20/h2-4,8-9,12-15,22-23,28H,5-7,10-11,16-18,27H2,1H3,(H,29,34)/q+1/t22-,23-/m0/s1. The number of unbranched alkanes of at least 4 members (excludes halogenated alkanes) is 1. The van der Waals surface area contributed by atoms with E-state index in [1.165, 1.54) is 17.0 Å². The molecule has 1 heterocycles. The number of nitrogens with two attached hydrogens (primary N) is 1. The van der Waals surface area contributed by atoms with Crippen molar-refractivity contribution in [3.05, 3.63) is 65.1 Å². The highest BCUT2D eigenvalue weighted by Crippen LogP contribution is 2.20. The van der Waals surface area contributed by atoms with E-state index < -0.39 is 46.4 Å². The van der Waals surface area contributed by atoms with Gasteiger partial charge in [-0.15, -0.1) is 0 Å². The van der Waals surface area contributed by atoms with E-state index in [0.717, 1.165) is 5.56 Å². The lowest BCUT2D eigenvalue weighted by Crippen LogP contribution is -2.55. The third-order valence-electron chi connectivity index (χ3n) is 6.47. The number of hydrogen-bond acceptors (Lipinski definition) is 8. The molecule has 0 saturated carbocycles. The fourth-order valence-electron chi connectivity index (χ4n) is 4.35. The Morgan fingerprint density at radius 1 is 1.10 bits per heavy atom.